The number of para-hydroxylation sites is 1. The summed E-state index contributed by atoms with van der Waals surface area (Å²) in [7, 11) is 0. The van der Waals surface area contributed by atoms with E-state index >= 15 is 0 Å². The topological polar surface area (TPSA) is 62.1 Å². The van der Waals surface area contributed by atoms with Crippen LogP contribution in [0.4, 0.5) is 5.69 Å². The van der Waals surface area contributed by atoms with Crippen LogP contribution >= 0.6 is 0 Å². The van der Waals surface area contributed by atoms with Gasteiger partial charge in [0.2, 0.25) is 0 Å². The first kappa shape index (κ1) is 16.6. The molecule has 2 aromatic carbocycles. The maximum absolute atomic E-state index is 12.4. The number of nitrogens with one attached hydrogen (secondary N) is 1. The zero-order valence-electron chi connectivity index (χ0n) is 13.8. The molecule has 2 rings (SSSR count). The van der Waals surface area contributed by atoms with Crippen LogP contribution in [0.1, 0.15) is 29.2 Å². The summed E-state index contributed by atoms with van der Waals surface area (Å²) in [6, 6.07) is 13.0. The highest BCUT2D eigenvalue weighted by molar-refractivity contribution is 5.95. The van der Waals surface area contributed by atoms with Gasteiger partial charge in [-0.3, -0.25) is 4.79 Å². The smallest absolute Gasteiger partial charge is 0.265 e. The lowest BCUT2D eigenvalue weighted by Gasteiger charge is -2.18. The molecule has 23 heavy (non-hydrogen) atoms. The summed E-state index contributed by atoms with van der Waals surface area (Å²) in [6.45, 7) is 7.62. The summed E-state index contributed by atoms with van der Waals surface area (Å²) in [5.74, 6) is 0.169. The first-order chi connectivity index (χ1) is 10.9. The third-order valence-electron chi connectivity index (χ3n) is 3.61. The lowest BCUT2D eigenvalue weighted by molar-refractivity contribution is -0.122. The van der Waals surface area contributed by atoms with Crippen molar-refractivity contribution in [2.45, 2.75) is 33.8 Å². The van der Waals surface area contributed by atoms with Crippen molar-refractivity contribution in [3.05, 3.63) is 58.7 Å². The number of rotatable bonds is 4. The van der Waals surface area contributed by atoms with Gasteiger partial charge < -0.3 is 10.1 Å². The Labute approximate surface area is 136 Å². The van der Waals surface area contributed by atoms with Crippen LogP contribution in [0.2, 0.25) is 0 Å². The van der Waals surface area contributed by atoms with Gasteiger partial charge in [0.15, 0.2) is 6.10 Å². The number of nitrogens with zero attached hydrogens (tertiary/aromatic N) is 1. The first-order valence-electron chi connectivity index (χ1n) is 7.47. The van der Waals surface area contributed by atoms with Crippen molar-refractivity contribution >= 4 is 11.6 Å². The number of aryl methyl sites for hydroxylation is 3. The molecule has 4 heteroatoms. The Morgan fingerprint density at radius 2 is 1.78 bits per heavy atom. The molecule has 118 valence electrons. The van der Waals surface area contributed by atoms with Gasteiger partial charge in [-0.05, 0) is 51.0 Å². The summed E-state index contributed by atoms with van der Waals surface area (Å²) >= 11 is 0. The van der Waals surface area contributed by atoms with Gasteiger partial charge in [-0.1, -0.05) is 29.8 Å². The van der Waals surface area contributed by atoms with E-state index in [-0.39, 0.29) is 5.91 Å². The Balaban J connectivity index is 2.14. The maximum Gasteiger partial charge on any atom is 0.265 e. The van der Waals surface area contributed by atoms with Gasteiger partial charge in [-0.25, -0.2) is 0 Å². The molecule has 0 saturated heterocycles. The Hall–Kier alpha value is -2.80. The molecule has 0 aliphatic heterocycles. The van der Waals surface area contributed by atoms with Crippen molar-refractivity contribution in [1.29, 1.82) is 5.26 Å². The lowest BCUT2D eigenvalue weighted by atomic mass is 10.0. The van der Waals surface area contributed by atoms with E-state index in [2.05, 4.69) is 11.4 Å². The summed E-state index contributed by atoms with van der Waals surface area (Å²) in [4.78, 5) is 12.4. The van der Waals surface area contributed by atoms with Crippen molar-refractivity contribution in [3.63, 3.8) is 0 Å². The highest BCUT2D eigenvalue weighted by Gasteiger charge is 2.18. The van der Waals surface area contributed by atoms with Gasteiger partial charge in [0.25, 0.3) is 5.91 Å². The van der Waals surface area contributed by atoms with Crippen molar-refractivity contribution in [2.24, 2.45) is 0 Å². The number of carbonyl (C=O) groups excluding carboxylic acids is 1. The van der Waals surface area contributed by atoms with Gasteiger partial charge in [0, 0.05) is 5.69 Å². The van der Waals surface area contributed by atoms with Gasteiger partial charge >= 0.3 is 0 Å². The fourth-order valence-electron chi connectivity index (χ4n) is 2.51. The van der Waals surface area contributed by atoms with Gasteiger partial charge in [0.05, 0.1) is 5.56 Å². The molecule has 2 aromatic rings. The largest absolute Gasteiger partial charge is 0.480 e. The number of nitriles is 1. The van der Waals surface area contributed by atoms with Crippen LogP contribution in [0.25, 0.3) is 0 Å². The molecule has 1 atom stereocenters. The number of ether oxygens (including phenoxy) is 1. The summed E-state index contributed by atoms with van der Waals surface area (Å²) in [6.07, 6.45) is -0.704. The minimum Gasteiger partial charge on any atom is -0.480 e. The van der Waals surface area contributed by atoms with Crippen LogP contribution in [-0.4, -0.2) is 12.0 Å². The van der Waals surface area contributed by atoms with Crippen LogP contribution in [0.15, 0.2) is 36.4 Å². The van der Waals surface area contributed by atoms with E-state index in [0.29, 0.717) is 11.3 Å². The molecule has 0 saturated carbocycles. The standard InChI is InChI=1S/C19H20N2O2/c1-12-9-13(2)18(14(3)10-12)21-19(22)15(4)23-17-8-6-5-7-16(17)11-20/h5-10,15H,1-4H3,(H,21,22)/t15-/m0/s1. The summed E-state index contributed by atoms with van der Waals surface area (Å²) in [5.41, 5.74) is 4.41. The monoisotopic (exact) mass is 308 g/mol. The highest BCUT2D eigenvalue weighted by atomic mass is 16.5. The molecule has 0 fully saturated rings. The van der Waals surface area contributed by atoms with Crippen LogP contribution in [0.5, 0.6) is 5.75 Å². The molecule has 1 N–H and O–H groups in total. The Bertz CT molecular complexity index is 752. The second-order valence-corrected chi connectivity index (χ2v) is 5.63. The van der Waals surface area contributed by atoms with Crippen molar-refractivity contribution in [2.75, 3.05) is 5.32 Å². The first-order valence-corrected chi connectivity index (χ1v) is 7.47. The molecule has 0 bridgehead atoms. The van der Waals surface area contributed by atoms with E-state index in [9.17, 15) is 4.79 Å². The highest BCUT2D eigenvalue weighted by Crippen LogP contribution is 2.23. The minimum atomic E-state index is -0.704. The molecule has 0 radical (unpaired) electrons. The predicted octanol–water partition coefficient (Wildman–Crippen LogP) is 3.89. The normalized spacial score (nSPS) is 11.4. The molecule has 0 aromatic heterocycles. The zero-order valence-corrected chi connectivity index (χ0v) is 13.8. The molecule has 0 aliphatic carbocycles. The number of hydrogen-bond acceptors (Lipinski definition) is 3. The van der Waals surface area contributed by atoms with E-state index in [4.69, 9.17) is 10.00 Å². The molecule has 0 unspecified atom stereocenters. The zero-order chi connectivity index (χ0) is 17.0. The number of hydrogen-bond donors (Lipinski definition) is 1. The van der Waals surface area contributed by atoms with Gasteiger partial charge in [0.1, 0.15) is 11.8 Å². The van der Waals surface area contributed by atoms with Crippen LogP contribution in [-0.2, 0) is 4.79 Å². The number of anilines is 1. The van der Waals surface area contributed by atoms with Crippen LogP contribution < -0.4 is 10.1 Å². The molecular weight excluding hydrogens is 288 g/mol. The summed E-state index contributed by atoms with van der Waals surface area (Å²) in [5, 5.41) is 12.0. The minimum absolute atomic E-state index is 0.243. The van der Waals surface area contributed by atoms with Crippen LogP contribution in [0, 0.1) is 32.1 Å². The van der Waals surface area contributed by atoms with Crippen molar-refractivity contribution in [1.82, 2.24) is 0 Å². The Kier molecular flexibility index (Phi) is 5.02. The van der Waals surface area contributed by atoms with Gasteiger partial charge in [-0.2, -0.15) is 5.26 Å². The summed E-state index contributed by atoms with van der Waals surface area (Å²) < 4.78 is 5.64. The van der Waals surface area contributed by atoms with E-state index < -0.39 is 6.10 Å². The molecule has 1 amide bonds. The fourth-order valence-corrected chi connectivity index (χ4v) is 2.51. The van der Waals surface area contributed by atoms with E-state index in [1.165, 1.54) is 0 Å². The molecule has 4 nitrogen and oxygen atoms in total. The Morgan fingerprint density at radius 1 is 1.17 bits per heavy atom. The van der Waals surface area contributed by atoms with Crippen molar-refractivity contribution < 1.29 is 9.53 Å². The Morgan fingerprint density at radius 3 is 2.39 bits per heavy atom. The molecule has 0 heterocycles. The average Bonchev–Trinajstić information content (AvgIpc) is 2.51. The quantitative estimate of drug-likeness (QED) is 0.932. The molecular formula is C19H20N2O2. The van der Waals surface area contributed by atoms with E-state index in [1.54, 1.807) is 31.2 Å². The maximum atomic E-state index is 12.4. The lowest BCUT2D eigenvalue weighted by Crippen LogP contribution is -2.31. The third-order valence-corrected chi connectivity index (χ3v) is 3.61. The van der Waals surface area contributed by atoms with E-state index in [0.717, 1.165) is 22.4 Å². The van der Waals surface area contributed by atoms with Gasteiger partial charge in [-0.15, -0.1) is 0 Å². The van der Waals surface area contributed by atoms with Crippen molar-refractivity contribution in [3.8, 4) is 11.8 Å². The van der Waals surface area contributed by atoms with Crippen LogP contribution in [0.3, 0.4) is 0 Å². The number of amides is 1. The fraction of sp³-hybridized carbons (Fsp3) is 0.263. The number of benzene rings is 2. The average molecular weight is 308 g/mol. The second-order valence-electron chi connectivity index (χ2n) is 5.63. The number of carbonyl (C=O) groups is 1. The van der Waals surface area contributed by atoms with E-state index in [1.807, 2.05) is 32.9 Å². The molecule has 0 spiro atoms. The second kappa shape index (κ2) is 6.97. The SMILES string of the molecule is Cc1cc(C)c(NC(=O)[C@H](C)Oc2ccccc2C#N)c(C)c1. The molecule has 0 aliphatic rings. The third kappa shape index (κ3) is 3.89. The predicted molar refractivity (Wildman–Crippen MR) is 90.5 cm³/mol.